The van der Waals surface area contributed by atoms with E-state index in [1.54, 1.807) is 0 Å². The minimum Gasteiger partial charge on any atom is -0.364 e. The number of nitrogens with zero attached hydrogens (tertiary/aromatic N) is 1. The van der Waals surface area contributed by atoms with Gasteiger partial charge in [-0.2, -0.15) is 0 Å². The number of piperidine rings is 1. The highest BCUT2D eigenvalue weighted by atomic mass is 15.2. The summed E-state index contributed by atoms with van der Waals surface area (Å²) in [7, 11) is 0. The van der Waals surface area contributed by atoms with Crippen molar-refractivity contribution in [2.75, 3.05) is 18.0 Å². The molecule has 0 amide bonds. The summed E-state index contributed by atoms with van der Waals surface area (Å²) in [5.41, 5.74) is 5.24. The second-order valence-corrected chi connectivity index (χ2v) is 6.84. The van der Waals surface area contributed by atoms with Crippen LogP contribution in [-0.4, -0.2) is 24.1 Å². The molecule has 1 saturated heterocycles. The summed E-state index contributed by atoms with van der Waals surface area (Å²) in [6, 6.07) is 18.5. The highest BCUT2D eigenvalue weighted by molar-refractivity contribution is 5.83. The summed E-state index contributed by atoms with van der Waals surface area (Å²) in [6.45, 7) is 5.35. The predicted octanol–water partition coefficient (Wildman–Crippen LogP) is 4.23. The zero-order valence-corrected chi connectivity index (χ0v) is 14.3. The van der Waals surface area contributed by atoms with Gasteiger partial charge < -0.3 is 15.2 Å². The largest absolute Gasteiger partial charge is 0.364 e. The van der Waals surface area contributed by atoms with Gasteiger partial charge in [0.05, 0.1) is 0 Å². The van der Waals surface area contributed by atoms with Crippen LogP contribution in [0, 0.1) is 6.92 Å². The van der Waals surface area contributed by atoms with Crippen LogP contribution in [0.1, 0.15) is 24.0 Å². The molecule has 0 bridgehead atoms. The number of aromatic nitrogens is 1. The van der Waals surface area contributed by atoms with E-state index in [1.807, 2.05) is 6.20 Å². The van der Waals surface area contributed by atoms with Gasteiger partial charge in [0.1, 0.15) is 0 Å². The van der Waals surface area contributed by atoms with Crippen LogP contribution in [0.25, 0.3) is 10.9 Å². The second-order valence-electron chi connectivity index (χ2n) is 6.84. The average Bonchev–Trinajstić information content (AvgIpc) is 3.09. The maximum atomic E-state index is 3.49. The number of hydrogen-bond donors (Lipinski definition) is 2. The summed E-state index contributed by atoms with van der Waals surface area (Å²) in [5, 5.41) is 4.77. The highest BCUT2D eigenvalue weighted by Crippen LogP contribution is 2.27. The number of benzene rings is 2. The van der Waals surface area contributed by atoms with Gasteiger partial charge in [0.15, 0.2) is 0 Å². The molecule has 1 aromatic heterocycles. The smallest absolute Gasteiger partial charge is 0.0455 e. The molecule has 3 nitrogen and oxygen atoms in total. The molecule has 1 aliphatic rings. The van der Waals surface area contributed by atoms with E-state index in [-0.39, 0.29) is 0 Å². The van der Waals surface area contributed by atoms with Crippen LogP contribution in [-0.2, 0) is 6.54 Å². The van der Waals surface area contributed by atoms with E-state index in [2.05, 4.69) is 70.7 Å². The molecule has 2 heterocycles. The van der Waals surface area contributed by atoms with E-state index in [0.29, 0.717) is 6.04 Å². The monoisotopic (exact) mass is 319 g/mol. The van der Waals surface area contributed by atoms with Crippen molar-refractivity contribution in [3.8, 4) is 0 Å². The lowest BCUT2D eigenvalue weighted by molar-refractivity contribution is 0.428. The Labute approximate surface area is 143 Å². The van der Waals surface area contributed by atoms with Crippen molar-refractivity contribution in [3.63, 3.8) is 0 Å². The molecule has 0 spiro atoms. The maximum absolute atomic E-state index is 3.49. The normalized spacial score (nSPS) is 15.7. The number of aromatic amines is 1. The molecule has 4 rings (SSSR count). The first-order valence-electron chi connectivity index (χ1n) is 8.90. The van der Waals surface area contributed by atoms with Crippen molar-refractivity contribution >= 4 is 16.6 Å². The van der Waals surface area contributed by atoms with E-state index in [9.17, 15) is 0 Å². The number of nitrogens with one attached hydrogen (secondary N) is 2. The fourth-order valence-electron chi connectivity index (χ4n) is 3.66. The van der Waals surface area contributed by atoms with Gasteiger partial charge >= 0.3 is 0 Å². The van der Waals surface area contributed by atoms with Gasteiger partial charge in [-0.15, -0.1) is 0 Å². The van der Waals surface area contributed by atoms with Crippen molar-refractivity contribution in [1.82, 2.24) is 10.3 Å². The first-order chi connectivity index (χ1) is 11.8. The molecule has 3 aromatic rings. The molecule has 1 aliphatic heterocycles. The first kappa shape index (κ1) is 15.3. The van der Waals surface area contributed by atoms with E-state index in [1.165, 1.54) is 40.6 Å². The van der Waals surface area contributed by atoms with Crippen molar-refractivity contribution < 1.29 is 0 Å². The Morgan fingerprint density at radius 1 is 1.00 bits per heavy atom. The van der Waals surface area contributed by atoms with Gasteiger partial charge in [-0.25, -0.2) is 0 Å². The molecule has 0 aliphatic carbocycles. The molecular weight excluding hydrogens is 294 g/mol. The predicted molar refractivity (Wildman–Crippen MR) is 102 cm³/mol. The Bertz CT molecular complexity index is 797. The number of anilines is 1. The van der Waals surface area contributed by atoms with Crippen LogP contribution >= 0.6 is 0 Å². The molecule has 2 N–H and O–H groups in total. The van der Waals surface area contributed by atoms with Gasteiger partial charge in [-0.3, -0.25) is 0 Å². The molecule has 124 valence electrons. The Morgan fingerprint density at radius 3 is 2.58 bits per heavy atom. The van der Waals surface area contributed by atoms with E-state index < -0.39 is 0 Å². The number of fused-ring (bicyclic) bond motifs is 1. The summed E-state index contributed by atoms with van der Waals surface area (Å²) < 4.78 is 0. The third-order valence-corrected chi connectivity index (χ3v) is 5.09. The van der Waals surface area contributed by atoms with E-state index in [4.69, 9.17) is 0 Å². The lowest BCUT2D eigenvalue weighted by Crippen LogP contribution is -2.43. The summed E-state index contributed by atoms with van der Waals surface area (Å²) in [5.74, 6) is 0. The molecule has 24 heavy (non-hydrogen) atoms. The van der Waals surface area contributed by atoms with Crippen LogP contribution < -0.4 is 10.2 Å². The average molecular weight is 319 g/mol. The maximum Gasteiger partial charge on any atom is 0.0455 e. The van der Waals surface area contributed by atoms with Crippen LogP contribution in [0.2, 0.25) is 0 Å². The van der Waals surface area contributed by atoms with Crippen LogP contribution in [0.5, 0.6) is 0 Å². The first-order valence-corrected chi connectivity index (χ1v) is 8.90. The second kappa shape index (κ2) is 6.70. The number of aryl methyl sites for hydroxylation is 1. The summed E-state index contributed by atoms with van der Waals surface area (Å²) in [4.78, 5) is 5.89. The fraction of sp³-hybridized carbons (Fsp3) is 0.333. The minimum atomic E-state index is 0.601. The van der Waals surface area contributed by atoms with Crippen molar-refractivity contribution in [2.24, 2.45) is 0 Å². The zero-order chi connectivity index (χ0) is 16.4. The van der Waals surface area contributed by atoms with Gasteiger partial charge in [0.2, 0.25) is 0 Å². The zero-order valence-electron chi connectivity index (χ0n) is 14.3. The molecule has 2 aromatic carbocycles. The Morgan fingerprint density at radius 2 is 1.79 bits per heavy atom. The quantitative estimate of drug-likeness (QED) is 0.754. The molecular formula is C21H25N3. The molecule has 0 saturated carbocycles. The molecule has 3 heteroatoms. The molecule has 1 fully saturated rings. The summed E-state index contributed by atoms with van der Waals surface area (Å²) in [6.07, 6.45) is 4.43. The summed E-state index contributed by atoms with van der Waals surface area (Å²) >= 11 is 0. The molecule has 0 atom stereocenters. The number of hydrogen-bond acceptors (Lipinski definition) is 2. The minimum absolute atomic E-state index is 0.601. The van der Waals surface area contributed by atoms with Gasteiger partial charge in [-0.1, -0.05) is 29.8 Å². The van der Waals surface area contributed by atoms with Crippen LogP contribution in [0.15, 0.2) is 54.7 Å². The lowest BCUT2D eigenvalue weighted by atomic mass is 10.0. The van der Waals surface area contributed by atoms with Gasteiger partial charge in [0, 0.05) is 35.4 Å². The third-order valence-electron chi connectivity index (χ3n) is 5.09. The van der Waals surface area contributed by atoms with Crippen LogP contribution in [0.4, 0.5) is 5.69 Å². The van der Waals surface area contributed by atoms with E-state index >= 15 is 0 Å². The standard InChI is InChI=1S/C21H25N3/c1-16-2-4-17(5-3-16)15-24(19-9-11-22-12-10-19)20-6-7-21-18(14-20)8-13-23-21/h2-8,13-14,19,22-23H,9-12,15H2,1H3. The number of H-pyrrole nitrogens is 1. The van der Waals surface area contributed by atoms with Crippen molar-refractivity contribution in [2.45, 2.75) is 32.4 Å². The Kier molecular flexibility index (Phi) is 4.26. The molecule has 0 unspecified atom stereocenters. The Balaban J connectivity index is 1.66. The van der Waals surface area contributed by atoms with E-state index in [0.717, 1.165) is 19.6 Å². The lowest BCUT2D eigenvalue weighted by Gasteiger charge is -2.36. The topological polar surface area (TPSA) is 31.1 Å². The van der Waals surface area contributed by atoms with Gasteiger partial charge in [0.25, 0.3) is 0 Å². The van der Waals surface area contributed by atoms with Crippen molar-refractivity contribution in [3.05, 3.63) is 65.9 Å². The van der Waals surface area contributed by atoms with Gasteiger partial charge in [-0.05, 0) is 62.7 Å². The molecule has 0 radical (unpaired) electrons. The SMILES string of the molecule is Cc1ccc(CN(c2ccc3[nH]ccc3c2)C2CCNCC2)cc1. The highest BCUT2D eigenvalue weighted by Gasteiger charge is 2.21. The fourth-order valence-corrected chi connectivity index (χ4v) is 3.66. The third kappa shape index (κ3) is 3.17. The Hall–Kier alpha value is -2.26. The van der Waals surface area contributed by atoms with Crippen LogP contribution in [0.3, 0.4) is 0 Å². The van der Waals surface area contributed by atoms with Crippen molar-refractivity contribution in [1.29, 1.82) is 0 Å². The number of rotatable bonds is 4.